The van der Waals surface area contributed by atoms with Gasteiger partial charge in [0.15, 0.2) is 0 Å². The summed E-state index contributed by atoms with van der Waals surface area (Å²) < 4.78 is 0. The molecule has 1 aromatic rings. The first-order valence-corrected chi connectivity index (χ1v) is 8.91. The zero-order valence-corrected chi connectivity index (χ0v) is 14.2. The fourth-order valence-corrected chi connectivity index (χ4v) is 4.14. The van der Waals surface area contributed by atoms with Crippen molar-refractivity contribution in [3.05, 3.63) is 35.4 Å². The molecular weight excluding hydrogens is 280 g/mol. The number of hydrogen-bond donors (Lipinski definition) is 0. The number of aryl methyl sites for hydroxylation is 1. The Balaban J connectivity index is 1.99. The minimum Gasteiger partial charge on any atom is -0.326 e. The maximum absolute atomic E-state index is 12.2. The molecule has 1 fully saturated rings. The van der Waals surface area contributed by atoms with Gasteiger partial charge in [-0.05, 0) is 44.1 Å². The van der Waals surface area contributed by atoms with Crippen molar-refractivity contribution in [2.75, 3.05) is 31.9 Å². The number of carbonyl (C=O) groups excluding carboxylic acids is 1. The van der Waals surface area contributed by atoms with Crippen LogP contribution in [0.3, 0.4) is 0 Å². The van der Waals surface area contributed by atoms with Crippen molar-refractivity contribution in [3.8, 4) is 0 Å². The lowest BCUT2D eigenvalue weighted by Crippen LogP contribution is -2.32. The molecule has 1 aromatic carbocycles. The topological polar surface area (TPSA) is 23.6 Å². The fraction of sp³-hybridized carbons (Fsp3) is 0.588. The first-order valence-electron chi connectivity index (χ1n) is 7.86. The summed E-state index contributed by atoms with van der Waals surface area (Å²) in [5.74, 6) is 0.900. The fourth-order valence-electron chi connectivity index (χ4n) is 2.82. The maximum atomic E-state index is 12.2. The Morgan fingerprint density at radius 2 is 2.00 bits per heavy atom. The van der Waals surface area contributed by atoms with Crippen molar-refractivity contribution in [3.63, 3.8) is 0 Å². The number of rotatable bonds is 7. The Bertz CT molecular complexity index is 474. The van der Waals surface area contributed by atoms with Gasteiger partial charge in [-0.15, -0.1) is 11.8 Å². The van der Waals surface area contributed by atoms with Gasteiger partial charge >= 0.3 is 0 Å². The van der Waals surface area contributed by atoms with Crippen LogP contribution < -0.4 is 0 Å². The molecule has 0 N–H and O–H groups in total. The first kappa shape index (κ1) is 16.4. The van der Waals surface area contributed by atoms with Gasteiger partial charge in [0, 0.05) is 6.54 Å². The largest absolute Gasteiger partial charge is 0.326 e. The van der Waals surface area contributed by atoms with E-state index in [-0.39, 0.29) is 11.3 Å². The zero-order valence-electron chi connectivity index (χ0n) is 13.3. The highest BCUT2D eigenvalue weighted by molar-refractivity contribution is 8.00. The molecule has 1 atom stereocenters. The Kier molecular flexibility index (Phi) is 6.12. The molecule has 0 aromatic heterocycles. The highest BCUT2D eigenvalue weighted by atomic mass is 32.2. The SMILES string of the molecule is CCN(CC)CCCN1C(=O)CSC1c1ccccc1C. The summed E-state index contributed by atoms with van der Waals surface area (Å²) in [6.07, 6.45) is 1.05. The number of amides is 1. The smallest absolute Gasteiger partial charge is 0.233 e. The van der Waals surface area contributed by atoms with Gasteiger partial charge in [-0.1, -0.05) is 38.1 Å². The predicted molar refractivity (Wildman–Crippen MR) is 90.5 cm³/mol. The van der Waals surface area contributed by atoms with Gasteiger partial charge in [-0.25, -0.2) is 0 Å². The molecule has 1 aliphatic rings. The summed E-state index contributed by atoms with van der Waals surface area (Å²) >= 11 is 1.76. The van der Waals surface area contributed by atoms with Crippen LogP contribution in [0.1, 0.15) is 36.8 Å². The van der Waals surface area contributed by atoms with Crippen LogP contribution in [-0.2, 0) is 4.79 Å². The van der Waals surface area contributed by atoms with Gasteiger partial charge in [-0.2, -0.15) is 0 Å². The quantitative estimate of drug-likeness (QED) is 0.772. The van der Waals surface area contributed by atoms with Crippen LogP contribution in [0, 0.1) is 6.92 Å². The van der Waals surface area contributed by atoms with Crippen LogP contribution in [0.5, 0.6) is 0 Å². The van der Waals surface area contributed by atoms with E-state index in [1.807, 2.05) is 0 Å². The van der Waals surface area contributed by atoms with Crippen LogP contribution >= 0.6 is 11.8 Å². The van der Waals surface area contributed by atoms with Crippen molar-refractivity contribution in [1.29, 1.82) is 0 Å². The van der Waals surface area contributed by atoms with Crippen LogP contribution in [0.15, 0.2) is 24.3 Å². The molecule has 1 unspecified atom stereocenters. The van der Waals surface area contributed by atoms with E-state index in [9.17, 15) is 4.79 Å². The minimum atomic E-state index is 0.204. The molecule has 1 heterocycles. The first-order chi connectivity index (χ1) is 10.2. The van der Waals surface area contributed by atoms with Crippen molar-refractivity contribution < 1.29 is 4.79 Å². The molecule has 1 saturated heterocycles. The van der Waals surface area contributed by atoms with Gasteiger partial charge in [-0.3, -0.25) is 4.79 Å². The number of carbonyl (C=O) groups is 1. The van der Waals surface area contributed by atoms with Crippen molar-refractivity contribution in [2.45, 2.75) is 32.6 Å². The van der Waals surface area contributed by atoms with E-state index in [1.54, 1.807) is 11.8 Å². The van der Waals surface area contributed by atoms with E-state index in [4.69, 9.17) is 0 Å². The van der Waals surface area contributed by atoms with E-state index in [2.05, 4.69) is 54.8 Å². The van der Waals surface area contributed by atoms with Crippen molar-refractivity contribution >= 4 is 17.7 Å². The third kappa shape index (κ3) is 4.01. The molecule has 0 radical (unpaired) electrons. The van der Waals surface area contributed by atoms with Gasteiger partial charge in [0.25, 0.3) is 0 Å². The van der Waals surface area contributed by atoms with E-state index in [0.717, 1.165) is 32.6 Å². The second-order valence-corrected chi connectivity index (χ2v) is 6.56. The maximum Gasteiger partial charge on any atom is 0.233 e. The van der Waals surface area contributed by atoms with E-state index in [1.165, 1.54) is 11.1 Å². The molecule has 1 aliphatic heterocycles. The number of benzene rings is 1. The monoisotopic (exact) mass is 306 g/mol. The molecule has 116 valence electrons. The summed E-state index contributed by atoms with van der Waals surface area (Å²) in [6.45, 7) is 10.6. The summed E-state index contributed by atoms with van der Waals surface area (Å²) in [4.78, 5) is 16.7. The number of hydrogen-bond acceptors (Lipinski definition) is 3. The molecule has 0 saturated carbocycles. The van der Waals surface area contributed by atoms with Crippen LogP contribution in [0.2, 0.25) is 0 Å². The Hall–Kier alpha value is -1.00. The molecule has 3 nitrogen and oxygen atoms in total. The second-order valence-electron chi connectivity index (χ2n) is 5.49. The molecule has 1 amide bonds. The van der Waals surface area contributed by atoms with Gasteiger partial charge in [0.05, 0.1) is 5.75 Å². The average Bonchev–Trinajstić information content (AvgIpc) is 2.85. The third-order valence-electron chi connectivity index (χ3n) is 4.19. The van der Waals surface area contributed by atoms with E-state index < -0.39 is 0 Å². The Morgan fingerprint density at radius 1 is 1.29 bits per heavy atom. The lowest BCUT2D eigenvalue weighted by Gasteiger charge is -2.26. The highest BCUT2D eigenvalue weighted by Gasteiger charge is 2.32. The lowest BCUT2D eigenvalue weighted by atomic mass is 10.1. The van der Waals surface area contributed by atoms with Crippen LogP contribution in [0.4, 0.5) is 0 Å². The van der Waals surface area contributed by atoms with Crippen molar-refractivity contribution in [2.24, 2.45) is 0 Å². The average molecular weight is 306 g/mol. The Morgan fingerprint density at radius 3 is 2.67 bits per heavy atom. The molecule has 0 bridgehead atoms. The lowest BCUT2D eigenvalue weighted by molar-refractivity contribution is -0.128. The predicted octanol–water partition coefficient (Wildman–Crippen LogP) is 3.30. The number of thioether (sulfide) groups is 1. The highest BCUT2D eigenvalue weighted by Crippen LogP contribution is 2.39. The van der Waals surface area contributed by atoms with E-state index >= 15 is 0 Å². The summed E-state index contributed by atoms with van der Waals surface area (Å²) in [6, 6.07) is 8.42. The Labute approximate surface area is 132 Å². The van der Waals surface area contributed by atoms with Crippen LogP contribution in [-0.4, -0.2) is 47.6 Å². The summed E-state index contributed by atoms with van der Waals surface area (Å²) in [5.41, 5.74) is 2.56. The van der Waals surface area contributed by atoms with Gasteiger partial charge in [0.2, 0.25) is 5.91 Å². The molecule has 0 aliphatic carbocycles. The van der Waals surface area contributed by atoms with E-state index in [0.29, 0.717) is 5.75 Å². The normalized spacial score (nSPS) is 18.8. The standard InChI is InChI=1S/C17H26N2OS/c1-4-18(5-2)11-8-12-19-16(20)13-21-17(19)15-10-7-6-9-14(15)3/h6-7,9-10,17H,4-5,8,11-13H2,1-3H3. The van der Waals surface area contributed by atoms with Crippen LogP contribution in [0.25, 0.3) is 0 Å². The van der Waals surface area contributed by atoms with Crippen molar-refractivity contribution in [1.82, 2.24) is 9.80 Å². The second kappa shape index (κ2) is 7.85. The van der Waals surface area contributed by atoms with Gasteiger partial charge < -0.3 is 9.80 Å². The zero-order chi connectivity index (χ0) is 15.2. The molecule has 21 heavy (non-hydrogen) atoms. The minimum absolute atomic E-state index is 0.204. The number of nitrogens with zero attached hydrogens (tertiary/aromatic N) is 2. The van der Waals surface area contributed by atoms with Gasteiger partial charge in [0.1, 0.15) is 5.37 Å². The summed E-state index contributed by atoms with van der Waals surface area (Å²) in [5, 5.41) is 0.204. The molecule has 4 heteroatoms. The third-order valence-corrected chi connectivity index (χ3v) is 5.43. The molecule has 0 spiro atoms. The molecular formula is C17H26N2OS. The molecule has 2 rings (SSSR count). The summed E-state index contributed by atoms with van der Waals surface area (Å²) in [7, 11) is 0.